The van der Waals surface area contributed by atoms with Crippen molar-refractivity contribution in [2.24, 2.45) is 11.8 Å². The van der Waals surface area contributed by atoms with Crippen molar-refractivity contribution in [2.45, 2.75) is 44.9 Å². The van der Waals surface area contributed by atoms with E-state index in [9.17, 15) is 8.42 Å². The molecule has 1 heterocycles. The van der Waals surface area contributed by atoms with E-state index in [1.165, 1.54) is 0 Å². The van der Waals surface area contributed by atoms with Gasteiger partial charge in [0.2, 0.25) is 10.0 Å². The predicted octanol–water partition coefficient (Wildman–Crippen LogP) is 2.89. The smallest absolute Gasteiger partial charge is 0.243 e. The van der Waals surface area contributed by atoms with Gasteiger partial charge >= 0.3 is 0 Å². The molecule has 2 rings (SSSR count). The van der Waals surface area contributed by atoms with Crippen LogP contribution < -0.4 is 5.73 Å². The second-order valence-corrected chi connectivity index (χ2v) is 8.11. The van der Waals surface area contributed by atoms with Gasteiger partial charge in [-0.3, -0.25) is 0 Å². The topological polar surface area (TPSA) is 63.4 Å². The third-order valence-electron chi connectivity index (χ3n) is 4.53. The van der Waals surface area contributed by atoms with Crippen LogP contribution in [-0.4, -0.2) is 25.8 Å². The van der Waals surface area contributed by atoms with Crippen LogP contribution in [-0.2, 0) is 16.4 Å². The highest BCUT2D eigenvalue weighted by molar-refractivity contribution is 7.89. The molecule has 1 saturated heterocycles. The van der Waals surface area contributed by atoms with Crippen LogP contribution in [0.1, 0.15) is 39.2 Å². The van der Waals surface area contributed by atoms with E-state index in [1.54, 1.807) is 16.4 Å². The maximum Gasteiger partial charge on any atom is 0.243 e. The summed E-state index contributed by atoms with van der Waals surface area (Å²) in [6.45, 7) is 7.62. The molecule has 0 radical (unpaired) electrons. The highest BCUT2D eigenvalue weighted by Gasteiger charge is 2.31. The minimum atomic E-state index is -3.42. The largest absolute Gasteiger partial charge is 0.399 e. The molecule has 0 aliphatic carbocycles. The van der Waals surface area contributed by atoms with Gasteiger partial charge in [0.1, 0.15) is 0 Å². The molecule has 4 nitrogen and oxygen atoms in total. The Morgan fingerprint density at radius 3 is 2.43 bits per heavy atom. The number of rotatable bonds is 4. The summed E-state index contributed by atoms with van der Waals surface area (Å²) < 4.78 is 27.4. The van der Waals surface area contributed by atoms with E-state index in [4.69, 9.17) is 5.73 Å². The molecule has 0 unspecified atom stereocenters. The van der Waals surface area contributed by atoms with Crippen LogP contribution in [0, 0.1) is 11.8 Å². The van der Waals surface area contributed by atoms with Crippen LogP contribution in [0.5, 0.6) is 0 Å². The van der Waals surface area contributed by atoms with E-state index in [0.29, 0.717) is 41.9 Å². The predicted molar refractivity (Wildman–Crippen MR) is 86.6 cm³/mol. The zero-order chi connectivity index (χ0) is 15.6. The summed E-state index contributed by atoms with van der Waals surface area (Å²) in [5.41, 5.74) is 7.13. The lowest BCUT2D eigenvalue weighted by atomic mass is 9.87. The molecule has 1 aromatic rings. The molecule has 1 aliphatic heterocycles. The molecule has 118 valence electrons. The first kappa shape index (κ1) is 16.3. The van der Waals surface area contributed by atoms with Crippen LogP contribution in [0.3, 0.4) is 0 Å². The molecule has 0 aromatic heterocycles. The third-order valence-corrected chi connectivity index (χ3v) is 6.51. The highest BCUT2D eigenvalue weighted by atomic mass is 32.2. The quantitative estimate of drug-likeness (QED) is 0.870. The summed E-state index contributed by atoms with van der Waals surface area (Å²) in [6.07, 6.45) is 2.58. The lowest BCUT2D eigenvalue weighted by molar-refractivity contribution is 0.226. The number of hydrogen-bond donors (Lipinski definition) is 1. The summed E-state index contributed by atoms with van der Waals surface area (Å²) in [5, 5.41) is 0. The molecule has 5 heteroatoms. The van der Waals surface area contributed by atoms with E-state index in [-0.39, 0.29) is 0 Å². The number of aryl methyl sites for hydroxylation is 1. The average molecular weight is 310 g/mol. The summed E-state index contributed by atoms with van der Waals surface area (Å²) in [6, 6.07) is 5.19. The van der Waals surface area contributed by atoms with Crippen LogP contribution >= 0.6 is 0 Å². The van der Waals surface area contributed by atoms with Crippen LogP contribution in [0.15, 0.2) is 23.1 Å². The van der Waals surface area contributed by atoms with Crippen LogP contribution in [0.4, 0.5) is 5.69 Å². The molecule has 1 aromatic carbocycles. The van der Waals surface area contributed by atoms with Crippen LogP contribution in [0.25, 0.3) is 0 Å². The fourth-order valence-corrected chi connectivity index (χ4v) is 4.82. The Labute approximate surface area is 128 Å². The molecule has 0 bridgehead atoms. The van der Waals surface area contributed by atoms with Gasteiger partial charge in [0.25, 0.3) is 0 Å². The fraction of sp³-hybridized carbons (Fsp3) is 0.625. The first-order valence-electron chi connectivity index (χ1n) is 7.74. The van der Waals surface area contributed by atoms with E-state index >= 15 is 0 Å². The number of hydrogen-bond acceptors (Lipinski definition) is 3. The van der Waals surface area contributed by atoms with Crippen molar-refractivity contribution in [2.75, 3.05) is 18.8 Å². The van der Waals surface area contributed by atoms with Crippen molar-refractivity contribution in [3.63, 3.8) is 0 Å². The zero-order valence-corrected chi connectivity index (χ0v) is 14.0. The molecule has 0 amide bonds. The number of benzene rings is 1. The molecule has 0 saturated carbocycles. The standard InChI is InChI=1S/C16H26N2O2S/c1-4-13-5-6-15(17)11-16(13)21(19,20)18-9-7-14(8-10-18)12(2)3/h5-6,11-12,14H,4,7-10,17H2,1-3H3. The Morgan fingerprint density at radius 1 is 1.29 bits per heavy atom. The van der Waals surface area contributed by atoms with Crippen molar-refractivity contribution in [1.82, 2.24) is 4.31 Å². The summed E-state index contributed by atoms with van der Waals surface area (Å²) in [4.78, 5) is 0.382. The minimum absolute atomic E-state index is 0.382. The van der Waals surface area contributed by atoms with Gasteiger partial charge in [-0.25, -0.2) is 8.42 Å². The Bertz CT molecular complexity index is 588. The Kier molecular flexibility index (Phi) is 4.94. The number of nitrogens with two attached hydrogens (primary N) is 1. The van der Waals surface area contributed by atoms with Crippen molar-refractivity contribution in [1.29, 1.82) is 0 Å². The molecule has 0 atom stereocenters. The van der Waals surface area contributed by atoms with Gasteiger partial charge in [0.15, 0.2) is 0 Å². The lowest BCUT2D eigenvalue weighted by Gasteiger charge is -2.33. The Morgan fingerprint density at radius 2 is 1.90 bits per heavy atom. The average Bonchev–Trinajstić information content (AvgIpc) is 2.47. The Balaban J connectivity index is 2.25. The zero-order valence-electron chi connectivity index (χ0n) is 13.2. The molecule has 0 spiro atoms. The van der Waals surface area contributed by atoms with Crippen molar-refractivity contribution >= 4 is 15.7 Å². The van der Waals surface area contributed by atoms with Gasteiger partial charge in [0, 0.05) is 18.8 Å². The summed E-state index contributed by atoms with van der Waals surface area (Å²) in [7, 11) is -3.42. The van der Waals surface area contributed by atoms with Crippen molar-refractivity contribution in [3.8, 4) is 0 Å². The van der Waals surface area contributed by atoms with Crippen molar-refractivity contribution < 1.29 is 8.42 Å². The van der Waals surface area contributed by atoms with E-state index in [0.717, 1.165) is 18.4 Å². The third kappa shape index (κ3) is 3.40. The minimum Gasteiger partial charge on any atom is -0.399 e. The number of anilines is 1. The fourth-order valence-electron chi connectivity index (χ4n) is 3.03. The highest BCUT2D eigenvalue weighted by Crippen LogP contribution is 2.30. The first-order valence-corrected chi connectivity index (χ1v) is 9.18. The van der Waals surface area contributed by atoms with Crippen LogP contribution in [0.2, 0.25) is 0 Å². The second-order valence-electron chi connectivity index (χ2n) is 6.21. The lowest BCUT2D eigenvalue weighted by Crippen LogP contribution is -2.39. The number of sulfonamides is 1. The van der Waals surface area contributed by atoms with Crippen molar-refractivity contribution in [3.05, 3.63) is 23.8 Å². The van der Waals surface area contributed by atoms with E-state index in [1.807, 2.05) is 13.0 Å². The maximum absolute atomic E-state index is 12.9. The molecule has 21 heavy (non-hydrogen) atoms. The second kappa shape index (κ2) is 6.36. The molecule has 2 N–H and O–H groups in total. The van der Waals surface area contributed by atoms with Gasteiger partial charge in [-0.2, -0.15) is 4.31 Å². The van der Waals surface area contributed by atoms with E-state index in [2.05, 4.69) is 13.8 Å². The molecule has 1 fully saturated rings. The van der Waals surface area contributed by atoms with Gasteiger partial charge in [-0.05, 0) is 48.8 Å². The Hall–Kier alpha value is -1.07. The summed E-state index contributed by atoms with van der Waals surface area (Å²) >= 11 is 0. The molecular weight excluding hydrogens is 284 g/mol. The number of nitrogen functional groups attached to an aromatic ring is 1. The normalized spacial score (nSPS) is 18.3. The number of nitrogens with zero attached hydrogens (tertiary/aromatic N) is 1. The molecular formula is C16H26N2O2S. The number of piperidine rings is 1. The first-order chi connectivity index (χ1) is 9.86. The van der Waals surface area contributed by atoms with Gasteiger partial charge < -0.3 is 5.73 Å². The van der Waals surface area contributed by atoms with Gasteiger partial charge in [0.05, 0.1) is 4.90 Å². The van der Waals surface area contributed by atoms with E-state index < -0.39 is 10.0 Å². The maximum atomic E-state index is 12.9. The molecule has 1 aliphatic rings. The van der Waals surface area contributed by atoms with Gasteiger partial charge in [-0.15, -0.1) is 0 Å². The monoisotopic (exact) mass is 310 g/mol. The SMILES string of the molecule is CCc1ccc(N)cc1S(=O)(=O)N1CCC(C(C)C)CC1. The summed E-state index contributed by atoms with van der Waals surface area (Å²) in [5.74, 6) is 1.25. The van der Waals surface area contributed by atoms with Gasteiger partial charge in [-0.1, -0.05) is 26.8 Å².